The third-order valence-corrected chi connectivity index (χ3v) is 2.92. The summed E-state index contributed by atoms with van der Waals surface area (Å²) in [4.78, 5) is 26.2. The molecule has 1 heterocycles. The summed E-state index contributed by atoms with van der Waals surface area (Å²) in [6, 6.07) is 6.91. The lowest BCUT2D eigenvalue weighted by molar-refractivity contribution is -0.118. The van der Waals surface area contributed by atoms with E-state index < -0.39 is 11.9 Å². The van der Waals surface area contributed by atoms with Crippen molar-refractivity contribution in [3.63, 3.8) is 0 Å². The zero-order valence-electron chi connectivity index (χ0n) is 11.0. The highest BCUT2D eigenvalue weighted by molar-refractivity contribution is 6.06. The third kappa shape index (κ3) is 2.85. The highest BCUT2D eigenvalue weighted by Gasteiger charge is 2.14. The largest absolute Gasteiger partial charge is 0.478 e. The summed E-state index contributed by atoms with van der Waals surface area (Å²) in [5.41, 5.74) is 5.29. The molecule has 0 aliphatic carbocycles. The van der Waals surface area contributed by atoms with E-state index in [1.807, 2.05) is 6.92 Å². The molecule has 1 aromatic carbocycles. The van der Waals surface area contributed by atoms with Crippen molar-refractivity contribution < 1.29 is 14.7 Å². The van der Waals surface area contributed by atoms with Gasteiger partial charge in [0.15, 0.2) is 0 Å². The number of carboxylic acid groups (broad SMARTS) is 1. The number of rotatable bonds is 5. The normalized spacial score (nSPS) is 12.1. The van der Waals surface area contributed by atoms with E-state index in [0.717, 1.165) is 0 Å². The van der Waals surface area contributed by atoms with Gasteiger partial charge in [0.2, 0.25) is 5.91 Å². The Bertz CT molecular complexity index is 670. The van der Waals surface area contributed by atoms with Gasteiger partial charge in [-0.1, -0.05) is 24.3 Å². The van der Waals surface area contributed by atoms with Crippen LogP contribution in [0.3, 0.4) is 0 Å². The Labute approximate surface area is 115 Å². The Balaban J connectivity index is 2.43. The van der Waals surface area contributed by atoms with Crippen molar-refractivity contribution in [3.8, 4) is 0 Å². The minimum atomic E-state index is -1.02. The number of benzene rings is 1. The number of amides is 1. The van der Waals surface area contributed by atoms with Crippen LogP contribution in [0.5, 0.6) is 0 Å². The first-order valence-corrected chi connectivity index (χ1v) is 6.15. The summed E-state index contributed by atoms with van der Waals surface area (Å²) in [6.45, 7) is 1.81. The van der Waals surface area contributed by atoms with Crippen LogP contribution >= 0.6 is 0 Å². The van der Waals surface area contributed by atoms with Gasteiger partial charge in [0, 0.05) is 29.4 Å². The monoisotopic (exact) mass is 273 g/mol. The molecule has 0 saturated heterocycles. The van der Waals surface area contributed by atoms with Crippen LogP contribution in [-0.2, 0) is 4.79 Å². The van der Waals surface area contributed by atoms with Crippen LogP contribution in [0.2, 0.25) is 0 Å². The summed E-state index contributed by atoms with van der Waals surface area (Å²) in [5, 5.41) is 13.5. The van der Waals surface area contributed by atoms with Gasteiger partial charge in [-0.25, -0.2) is 9.78 Å². The number of pyridine rings is 1. The molecule has 1 aromatic heterocycles. The van der Waals surface area contributed by atoms with E-state index in [-0.39, 0.29) is 18.0 Å². The fourth-order valence-corrected chi connectivity index (χ4v) is 2.06. The van der Waals surface area contributed by atoms with E-state index in [1.54, 1.807) is 24.3 Å². The number of anilines is 1. The van der Waals surface area contributed by atoms with E-state index in [4.69, 9.17) is 10.8 Å². The Morgan fingerprint density at radius 3 is 2.60 bits per heavy atom. The Hall–Kier alpha value is -2.63. The lowest BCUT2D eigenvalue weighted by Crippen LogP contribution is -2.24. The van der Waals surface area contributed by atoms with E-state index in [9.17, 15) is 9.59 Å². The first-order valence-electron chi connectivity index (χ1n) is 6.15. The van der Waals surface area contributed by atoms with Crippen LogP contribution in [0, 0.1) is 0 Å². The Morgan fingerprint density at radius 2 is 2.00 bits per heavy atom. The SMILES string of the molecule is CC(CC(N)=O)Nc1ncc(C(=O)O)c2ccccc12. The summed E-state index contributed by atoms with van der Waals surface area (Å²) in [6.07, 6.45) is 1.49. The molecule has 0 aliphatic heterocycles. The number of fused-ring (bicyclic) bond motifs is 1. The molecule has 0 spiro atoms. The van der Waals surface area contributed by atoms with Crippen LogP contribution < -0.4 is 11.1 Å². The summed E-state index contributed by atoms with van der Waals surface area (Å²) >= 11 is 0. The molecule has 104 valence electrons. The summed E-state index contributed by atoms with van der Waals surface area (Å²) < 4.78 is 0. The lowest BCUT2D eigenvalue weighted by atomic mass is 10.1. The van der Waals surface area contributed by atoms with E-state index >= 15 is 0 Å². The zero-order chi connectivity index (χ0) is 14.7. The molecule has 0 bridgehead atoms. The number of primary amides is 1. The molecular weight excluding hydrogens is 258 g/mol. The molecular formula is C14H15N3O3. The number of aromatic nitrogens is 1. The Morgan fingerprint density at radius 1 is 1.35 bits per heavy atom. The maximum absolute atomic E-state index is 11.2. The molecule has 0 saturated carbocycles. The van der Waals surface area contributed by atoms with Gasteiger partial charge < -0.3 is 16.2 Å². The number of nitrogens with zero attached hydrogens (tertiary/aromatic N) is 1. The number of hydrogen-bond acceptors (Lipinski definition) is 4. The van der Waals surface area contributed by atoms with Crippen LogP contribution in [-0.4, -0.2) is 28.0 Å². The summed E-state index contributed by atoms with van der Waals surface area (Å²) in [7, 11) is 0. The maximum atomic E-state index is 11.2. The van der Waals surface area contributed by atoms with Crippen molar-refractivity contribution in [2.45, 2.75) is 19.4 Å². The van der Waals surface area contributed by atoms with Gasteiger partial charge in [0.25, 0.3) is 0 Å². The molecule has 2 aromatic rings. The van der Waals surface area contributed by atoms with Crippen molar-refractivity contribution in [3.05, 3.63) is 36.0 Å². The van der Waals surface area contributed by atoms with Crippen LogP contribution in [0.1, 0.15) is 23.7 Å². The molecule has 20 heavy (non-hydrogen) atoms. The number of hydrogen-bond donors (Lipinski definition) is 3. The van der Waals surface area contributed by atoms with Crippen molar-refractivity contribution in [2.24, 2.45) is 5.73 Å². The van der Waals surface area contributed by atoms with Gasteiger partial charge in [-0.3, -0.25) is 4.79 Å². The van der Waals surface area contributed by atoms with E-state index in [1.165, 1.54) is 6.20 Å². The Kier molecular flexibility index (Phi) is 3.84. The molecule has 1 unspecified atom stereocenters. The molecule has 6 nitrogen and oxygen atoms in total. The molecule has 0 fully saturated rings. The average Bonchev–Trinajstić information content (AvgIpc) is 2.37. The number of nitrogens with two attached hydrogens (primary N) is 1. The van der Waals surface area contributed by atoms with Crippen molar-refractivity contribution in [2.75, 3.05) is 5.32 Å². The predicted octanol–water partition coefficient (Wildman–Crippen LogP) is 1.61. The second kappa shape index (κ2) is 5.56. The molecule has 4 N–H and O–H groups in total. The van der Waals surface area contributed by atoms with Gasteiger partial charge in [-0.2, -0.15) is 0 Å². The van der Waals surface area contributed by atoms with Crippen LogP contribution in [0.4, 0.5) is 5.82 Å². The minimum absolute atomic E-state index is 0.147. The number of carboxylic acids is 1. The van der Waals surface area contributed by atoms with Crippen molar-refractivity contribution in [1.82, 2.24) is 4.98 Å². The van der Waals surface area contributed by atoms with E-state index in [0.29, 0.717) is 16.6 Å². The molecule has 1 amide bonds. The fraction of sp³-hybridized carbons (Fsp3) is 0.214. The smallest absolute Gasteiger partial charge is 0.337 e. The molecule has 1 atom stereocenters. The molecule has 6 heteroatoms. The van der Waals surface area contributed by atoms with E-state index in [2.05, 4.69) is 10.3 Å². The van der Waals surface area contributed by atoms with Crippen LogP contribution in [0.15, 0.2) is 30.5 Å². The number of carbonyl (C=O) groups is 2. The van der Waals surface area contributed by atoms with Crippen LogP contribution in [0.25, 0.3) is 10.8 Å². The minimum Gasteiger partial charge on any atom is -0.478 e. The van der Waals surface area contributed by atoms with Gasteiger partial charge in [-0.15, -0.1) is 0 Å². The lowest BCUT2D eigenvalue weighted by Gasteiger charge is -2.15. The zero-order valence-corrected chi connectivity index (χ0v) is 11.0. The number of aromatic carboxylic acids is 1. The average molecular weight is 273 g/mol. The fourth-order valence-electron chi connectivity index (χ4n) is 2.06. The number of nitrogens with one attached hydrogen (secondary N) is 1. The maximum Gasteiger partial charge on any atom is 0.337 e. The van der Waals surface area contributed by atoms with Gasteiger partial charge >= 0.3 is 5.97 Å². The second-order valence-corrected chi connectivity index (χ2v) is 4.59. The second-order valence-electron chi connectivity index (χ2n) is 4.59. The summed E-state index contributed by atoms with van der Waals surface area (Å²) in [5.74, 6) is -0.888. The first-order chi connectivity index (χ1) is 9.49. The first kappa shape index (κ1) is 13.8. The quantitative estimate of drug-likeness (QED) is 0.767. The van der Waals surface area contributed by atoms with Gasteiger partial charge in [0.1, 0.15) is 5.82 Å². The topological polar surface area (TPSA) is 105 Å². The third-order valence-electron chi connectivity index (χ3n) is 2.92. The predicted molar refractivity (Wildman–Crippen MR) is 75.6 cm³/mol. The number of carbonyl (C=O) groups excluding carboxylic acids is 1. The molecule has 0 aliphatic rings. The van der Waals surface area contributed by atoms with Gasteiger partial charge in [-0.05, 0) is 6.92 Å². The van der Waals surface area contributed by atoms with Crippen molar-refractivity contribution >= 4 is 28.5 Å². The molecule has 2 rings (SSSR count). The highest BCUT2D eigenvalue weighted by atomic mass is 16.4. The van der Waals surface area contributed by atoms with Gasteiger partial charge in [0.05, 0.1) is 5.56 Å². The highest BCUT2D eigenvalue weighted by Crippen LogP contribution is 2.25. The molecule has 0 radical (unpaired) electrons. The van der Waals surface area contributed by atoms with Crippen molar-refractivity contribution in [1.29, 1.82) is 0 Å². The standard InChI is InChI=1S/C14H15N3O3/c1-8(6-12(15)18)17-13-10-5-3-2-4-9(10)11(7-16-13)14(19)20/h2-5,7-8H,6H2,1H3,(H2,15,18)(H,16,17)(H,19,20).